The minimum absolute atomic E-state index is 0.0600. The van der Waals surface area contributed by atoms with Crippen molar-refractivity contribution in [2.75, 3.05) is 0 Å². The summed E-state index contributed by atoms with van der Waals surface area (Å²) in [7, 11) is 0. The van der Waals surface area contributed by atoms with Crippen LogP contribution in [0.5, 0.6) is 0 Å². The molecule has 11 aromatic rings. The molecule has 7 aromatic carbocycles. The number of thiophene rings is 1. The third-order valence-electron chi connectivity index (χ3n) is 12.0. The molecule has 0 radical (unpaired) electrons. The third-order valence-corrected chi connectivity index (χ3v) is 13.2. The molecule has 0 atom stereocenters. The molecule has 0 unspecified atom stereocenters. The average Bonchev–Trinajstić information content (AvgIpc) is 3.93. The number of rotatable bonds is 3. The SMILES string of the molecule is CC1(C)c2ccccc2-c2ccc(-n3c4ccccc4c4cc(-c5ccc6c(c5)c5cccnc5n6-c5cccc6c5sc5ccccc56)ccc43)cc21. The maximum atomic E-state index is 4.97. The maximum Gasteiger partial charge on any atom is 0.145 e. The molecule has 1 aliphatic carbocycles. The Morgan fingerprint density at radius 1 is 0.481 bits per heavy atom. The minimum Gasteiger partial charge on any atom is -0.309 e. The number of benzene rings is 7. The van der Waals surface area contributed by atoms with Crippen molar-refractivity contribution in [2.24, 2.45) is 0 Å². The van der Waals surface area contributed by atoms with Crippen molar-refractivity contribution in [1.29, 1.82) is 0 Å². The standard InChI is InChI=1S/C50H33N3S/c1-50(2)41-16-6-3-11-33(41)34-23-22-32(29-42(34)50)52-43-17-7-4-12-35(43)39-27-30(20-24-44(39)52)31-21-25-45-40(28-31)38-15-10-26-51-49(38)53(45)46-18-9-14-37-36-13-5-8-19-47(36)54-48(37)46/h3-29H,1-2H3. The van der Waals surface area contributed by atoms with Crippen LogP contribution in [0.2, 0.25) is 0 Å². The lowest BCUT2D eigenvalue weighted by Gasteiger charge is -2.22. The van der Waals surface area contributed by atoms with Crippen LogP contribution in [0.15, 0.2) is 164 Å². The summed E-state index contributed by atoms with van der Waals surface area (Å²) in [6.45, 7) is 4.71. The van der Waals surface area contributed by atoms with Crippen molar-refractivity contribution in [2.45, 2.75) is 19.3 Å². The van der Waals surface area contributed by atoms with Crippen LogP contribution >= 0.6 is 11.3 Å². The first-order valence-corrected chi connectivity index (χ1v) is 19.4. The normalized spacial score (nSPS) is 13.5. The fraction of sp³-hybridized carbons (Fsp3) is 0.0600. The van der Waals surface area contributed by atoms with Crippen molar-refractivity contribution < 1.29 is 0 Å². The van der Waals surface area contributed by atoms with Gasteiger partial charge in [0, 0.05) is 54.3 Å². The van der Waals surface area contributed by atoms with Gasteiger partial charge in [-0.15, -0.1) is 11.3 Å². The van der Waals surface area contributed by atoms with Gasteiger partial charge in [-0.25, -0.2) is 4.98 Å². The number of aromatic nitrogens is 3. The number of para-hydroxylation sites is 1. The molecular formula is C50H33N3S. The van der Waals surface area contributed by atoms with Gasteiger partial charge >= 0.3 is 0 Å². The van der Waals surface area contributed by atoms with Gasteiger partial charge in [-0.05, 0) is 100 Å². The first-order valence-electron chi connectivity index (χ1n) is 18.6. The molecule has 54 heavy (non-hydrogen) atoms. The molecule has 0 saturated carbocycles. The lowest BCUT2D eigenvalue weighted by atomic mass is 9.82. The Morgan fingerprint density at radius 3 is 2.02 bits per heavy atom. The van der Waals surface area contributed by atoms with E-state index in [1.54, 1.807) is 0 Å². The molecule has 1 aliphatic rings. The Hall–Kier alpha value is -6.49. The van der Waals surface area contributed by atoms with Crippen molar-refractivity contribution in [3.8, 4) is 33.6 Å². The van der Waals surface area contributed by atoms with Crippen LogP contribution in [0.25, 0.3) is 97.5 Å². The van der Waals surface area contributed by atoms with Gasteiger partial charge in [0.2, 0.25) is 0 Å². The van der Waals surface area contributed by atoms with Crippen molar-refractivity contribution in [3.63, 3.8) is 0 Å². The van der Waals surface area contributed by atoms with Crippen LogP contribution in [-0.2, 0) is 5.41 Å². The highest BCUT2D eigenvalue weighted by atomic mass is 32.1. The van der Waals surface area contributed by atoms with E-state index in [1.165, 1.54) is 92.1 Å². The van der Waals surface area contributed by atoms with Crippen molar-refractivity contribution >= 4 is 75.3 Å². The number of hydrogen-bond donors (Lipinski definition) is 0. The Balaban J connectivity index is 1.03. The molecule has 0 N–H and O–H groups in total. The van der Waals surface area contributed by atoms with E-state index >= 15 is 0 Å². The minimum atomic E-state index is -0.0600. The fourth-order valence-corrected chi connectivity index (χ4v) is 10.6. The molecule has 12 rings (SSSR count). The summed E-state index contributed by atoms with van der Waals surface area (Å²) in [5.74, 6) is 0. The average molecular weight is 708 g/mol. The second-order valence-corrected chi connectivity index (χ2v) is 16.2. The molecule has 3 nitrogen and oxygen atoms in total. The number of hydrogen-bond acceptors (Lipinski definition) is 2. The number of fused-ring (bicyclic) bond motifs is 12. The number of nitrogens with zero attached hydrogens (tertiary/aromatic N) is 3. The highest BCUT2D eigenvalue weighted by Gasteiger charge is 2.35. The summed E-state index contributed by atoms with van der Waals surface area (Å²) in [5.41, 5.74) is 14.8. The molecule has 4 aromatic heterocycles. The van der Waals surface area contributed by atoms with Gasteiger partial charge in [-0.1, -0.05) is 105 Å². The van der Waals surface area contributed by atoms with Crippen LogP contribution in [0, 0.1) is 0 Å². The quantitative estimate of drug-likeness (QED) is 0.179. The van der Waals surface area contributed by atoms with Gasteiger partial charge in [0.25, 0.3) is 0 Å². The number of pyridine rings is 1. The summed E-state index contributed by atoms with van der Waals surface area (Å²) in [5, 5.41) is 7.47. The zero-order valence-corrected chi connectivity index (χ0v) is 30.7. The lowest BCUT2D eigenvalue weighted by molar-refractivity contribution is 0.660. The van der Waals surface area contributed by atoms with Gasteiger partial charge in [-0.3, -0.25) is 4.57 Å². The molecule has 0 saturated heterocycles. The van der Waals surface area contributed by atoms with Gasteiger partial charge in [0.1, 0.15) is 5.65 Å². The summed E-state index contributed by atoms with van der Waals surface area (Å²) in [6.07, 6.45) is 1.91. The predicted octanol–water partition coefficient (Wildman–Crippen LogP) is 13.6. The van der Waals surface area contributed by atoms with E-state index in [4.69, 9.17) is 4.98 Å². The Bertz CT molecular complexity index is 3370. The van der Waals surface area contributed by atoms with E-state index in [2.05, 4.69) is 181 Å². The second kappa shape index (κ2) is 10.8. The fourth-order valence-electron chi connectivity index (χ4n) is 9.44. The maximum absolute atomic E-state index is 4.97. The summed E-state index contributed by atoms with van der Waals surface area (Å²) in [4.78, 5) is 4.97. The first kappa shape index (κ1) is 30.0. The van der Waals surface area contributed by atoms with E-state index < -0.39 is 0 Å². The Morgan fingerprint density at radius 2 is 1.15 bits per heavy atom. The Labute approximate surface area is 316 Å². The molecule has 0 spiro atoms. The predicted molar refractivity (Wildman–Crippen MR) is 229 cm³/mol. The van der Waals surface area contributed by atoms with E-state index in [0.717, 1.165) is 16.6 Å². The largest absolute Gasteiger partial charge is 0.309 e. The van der Waals surface area contributed by atoms with Gasteiger partial charge in [0.05, 0.1) is 26.9 Å². The molecule has 0 amide bonds. The van der Waals surface area contributed by atoms with Crippen LogP contribution in [-0.4, -0.2) is 14.1 Å². The third kappa shape index (κ3) is 3.98. The van der Waals surface area contributed by atoms with E-state index in [9.17, 15) is 0 Å². The van der Waals surface area contributed by atoms with Crippen LogP contribution in [0.1, 0.15) is 25.0 Å². The summed E-state index contributed by atoms with van der Waals surface area (Å²) < 4.78 is 7.40. The van der Waals surface area contributed by atoms with E-state index in [1.807, 2.05) is 17.5 Å². The molecule has 254 valence electrons. The van der Waals surface area contributed by atoms with E-state index in [-0.39, 0.29) is 5.41 Å². The highest BCUT2D eigenvalue weighted by Crippen LogP contribution is 2.50. The summed E-state index contributed by atoms with van der Waals surface area (Å²) in [6, 6.07) is 58.3. The van der Waals surface area contributed by atoms with Crippen molar-refractivity contribution in [3.05, 3.63) is 175 Å². The van der Waals surface area contributed by atoms with Crippen LogP contribution in [0.3, 0.4) is 0 Å². The monoisotopic (exact) mass is 707 g/mol. The van der Waals surface area contributed by atoms with E-state index in [0.29, 0.717) is 0 Å². The molecule has 4 heteroatoms. The second-order valence-electron chi connectivity index (χ2n) is 15.2. The molecule has 0 bridgehead atoms. The van der Waals surface area contributed by atoms with Crippen molar-refractivity contribution in [1.82, 2.24) is 14.1 Å². The van der Waals surface area contributed by atoms with Crippen LogP contribution < -0.4 is 0 Å². The topological polar surface area (TPSA) is 22.8 Å². The zero-order chi connectivity index (χ0) is 35.7. The molecule has 0 aliphatic heterocycles. The Kier molecular flexibility index (Phi) is 6.00. The molecule has 4 heterocycles. The van der Waals surface area contributed by atoms with Crippen LogP contribution in [0.4, 0.5) is 0 Å². The lowest BCUT2D eigenvalue weighted by Crippen LogP contribution is -2.15. The molecule has 0 fully saturated rings. The van der Waals surface area contributed by atoms with Gasteiger partial charge in [0.15, 0.2) is 0 Å². The smallest absolute Gasteiger partial charge is 0.145 e. The highest BCUT2D eigenvalue weighted by molar-refractivity contribution is 7.26. The molecular weight excluding hydrogens is 675 g/mol. The van der Waals surface area contributed by atoms with Gasteiger partial charge in [-0.2, -0.15) is 0 Å². The summed E-state index contributed by atoms with van der Waals surface area (Å²) >= 11 is 1.86. The van der Waals surface area contributed by atoms with Gasteiger partial charge < -0.3 is 4.57 Å². The zero-order valence-electron chi connectivity index (χ0n) is 29.8. The first-order chi connectivity index (χ1) is 26.5.